The Morgan fingerprint density at radius 2 is 1.73 bits per heavy atom. The number of hydrogen-bond donors (Lipinski definition) is 3. The predicted octanol–water partition coefficient (Wildman–Crippen LogP) is 3.06. The topological polar surface area (TPSA) is 88.4 Å². The van der Waals surface area contributed by atoms with Crippen molar-refractivity contribution >= 4 is 0 Å². The lowest BCUT2D eigenvalue weighted by molar-refractivity contribution is 0.0304. The van der Waals surface area contributed by atoms with E-state index < -0.39 is 12.2 Å². The van der Waals surface area contributed by atoms with Gasteiger partial charge in [0, 0.05) is 11.5 Å². The highest BCUT2D eigenvalue weighted by Gasteiger charge is 2.36. The number of phenolic OH excluding ortho intramolecular Hbond substituents is 1. The molecule has 2 aromatic carbocycles. The van der Waals surface area contributed by atoms with Crippen LogP contribution in [0.15, 0.2) is 30.3 Å². The van der Waals surface area contributed by atoms with E-state index >= 15 is 0 Å². The van der Waals surface area contributed by atoms with Crippen LogP contribution in [0, 0.1) is 0 Å². The van der Waals surface area contributed by atoms with Crippen molar-refractivity contribution < 1.29 is 29.5 Å². The Hall–Kier alpha value is -2.44. The summed E-state index contributed by atoms with van der Waals surface area (Å²) >= 11 is 0. The number of fused-ring (bicyclic) bond motifs is 1. The molecule has 3 N–H and O–H groups in total. The van der Waals surface area contributed by atoms with Gasteiger partial charge in [0.2, 0.25) is 0 Å². The van der Waals surface area contributed by atoms with Crippen LogP contribution in [0.4, 0.5) is 0 Å². The highest BCUT2D eigenvalue weighted by molar-refractivity contribution is 5.56. The summed E-state index contributed by atoms with van der Waals surface area (Å²) < 4.78 is 16.8. The Bertz CT molecular complexity index is 801. The van der Waals surface area contributed by atoms with Crippen LogP contribution in [0.5, 0.6) is 23.0 Å². The number of aliphatic hydroxyl groups excluding tert-OH is 2. The van der Waals surface area contributed by atoms with Gasteiger partial charge in [-0.15, -0.1) is 0 Å². The van der Waals surface area contributed by atoms with Gasteiger partial charge in [-0.25, -0.2) is 0 Å². The molecule has 0 unspecified atom stereocenters. The lowest BCUT2D eigenvalue weighted by Crippen LogP contribution is -2.14. The monoisotopic (exact) mass is 360 g/mol. The van der Waals surface area contributed by atoms with Gasteiger partial charge in [-0.2, -0.15) is 0 Å². The van der Waals surface area contributed by atoms with E-state index in [0.717, 1.165) is 11.1 Å². The third-order valence-electron chi connectivity index (χ3n) is 4.85. The third-order valence-corrected chi connectivity index (χ3v) is 4.85. The van der Waals surface area contributed by atoms with E-state index in [1.165, 1.54) is 14.0 Å². The van der Waals surface area contributed by atoms with Gasteiger partial charge in [0.05, 0.1) is 20.3 Å². The van der Waals surface area contributed by atoms with Crippen LogP contribution in [0.1, 0.15) is 48.7 Å². The molecule has 140 valence electrons. The van der Waals surface area contributed by atoms with E-state index in [-0.39, 0.29) is 17.8 Å². The van der Waals surface area contributed by atoms with Crippen molar-refractivity contribution in [3.05, 3.63) is 47.0 Å². The van der Waals surface area contributed by atoms with E-state index in [1.54, 1.807) is 31.4 Å². The van der Waals surface area contributed by atoms with Crippen LogP contribution in [0.25, 0.3) is 0 Å². The molecule has 6 nitrogen and oxygen atoms in total. The molecule has 0 aromatic heterocycles. The Labute approximate surface area is 152 Å². The van der Waals surface area contributed by atoms with Gasteiger partial charge in [0.15, 0.2) is 23.0 Å². The summed E-state index contributed by atoms with van der Waals surface area (Å²) in [6.45, 7) is 3.56. The van der Waals surface area contributed by atoms with Gasteiger partial charge in [-0.05, 0) is 42.3 Å². The molecule has 6 heteroatoms. The van der Waals surface area contributed by atoms with E-state index in [1.807, 2.05) is 13.0 Å². The molecular weight excluding hydrogens is 336 g/mol. The molecule has 0 spiro atoms. The van der Waals surface area contributed by atoms with Crippen LogP contribution in [-0.4, -0.2) is 35.6 Å². The number of aromatic hydroxyl groups is 1. The Morgan fingerprint density at radius 1 is 1.04 bits per heavy atom. The number of ether oxygens (including phenoxy) is 3. The summed E-state index contributed by atoms with van der Waals surface area (Å²) in [4.78, 5) is 0. The van der Waals surface area contributed by atoms with Gasteiger partial charge in [0.1, 0.15) is 12.2 Å². The molecule has 26 heavy (non-hydrogen) atoms. The largest absolute Gasteiger partial charge is 0.504 e. The van der Waals surface area contributed by atoms with Crippen LogP contribution < -0.4 is 14.2 Å². The van der Waals surface area contributed by atoms with E-state index in [9.17, 15) is 15.3 Å². The van der Waals surface area contributed by atoms with Gasteiger partial charge < -0.3 is 29.5 Å². The zero-order chi connectivity index (χ0) is 19.0. The number of hydrogen-bond acceptors (Lipinski definition) is 6. The molecule has 0 bridgehead atoms. The summed E-state index contributed by atoms with van der Waals surface area (Å²) in [5, 5.41) is 29.7. The molecule has 2 aromatic rings. The first-order valence-corrected chi connectivity index (χ1v) is 8.48. The summed E-state index contributed by atoms with van der Waals surface area (Å²) in [6, 6.07) is 8.65. The second-order valence-corrected chi connectivity index (χ2v) is 6.59. The van der Waals surface area contributed by atoms with Crippen LogP contribution in [0.3, 0.4) is 0 Å². The molecule has 0 fully saturated rings. The summed E-state index contributed by atoms with van der Waals surface area (Å²) in [5.41, 5.74) is 2.34. The summed E-state index contributed by atoms with van der Waals surface area (Å²) in [7, 11) is 3.04. The minimum atomic E-state index is -1.01. The van der Waals surface area contributed by atoms with Crippen molar-refractivity contribution in [2.24, 2.45) is 0 Å². The Kier molecular flexibility index (Phi) is 4.98. The highest BCUT2D eigenvalue weighted by atomic mass is 16.5. The zero-order valence-corrected chi connectivity index (χ0v) is 15.3. The van der Waals surface area contributed by atoms with Crippen molar-refractivity contribution in [3.63, 3.8) is 0 Å². The smallest absolute Gasteiger partial charge is 0.165 e. The van der Waals surface area contributed by atoms with E-state index in [4.69, 9.17) is 14.2 Å². The molecular formula is C20H24O6. The Morgan fingerprint density at radius 3 is 2.35 bits per heavy atom. The quantitative estimate of drug-likeness (QED) is 0.759. The minimum absolute atomic E-state index is 0.0192. The zero-order valence-electron chi connectivity index (χ0n) is 15.3. The van der Waals surface area contributed by atoms with E-state index in [0.29, 0.717) is 22.8 Å². The van der Waals surface area contributed by atoms with Gasteiger partial charge in [-0.3, -0.25) is 0 Å². The lowest BCUT2D eigenvalue weighted by Gasteiger charge is -2.17. The normalized spacial score (nSPS) is 20.8. The predicted molar refractivity (Wildman–Crippen MR) is 96.1 cm³/mol. The van der Waals surface area contributed by atoms with E-state index in [2.05, 4.69) is 0 Å². The maximum atomic E-state index is 10.2. The number of rotatable bonds is 5. The second-order valence-electron chi connectivity index (χ2n) is 6.59. The van der Waals surface area contributed by atoms with Crippen LogP contribution in [0.2, 0.25) is 0 Å². The van der Waals surface area contributed by atoms with Gasteiger partial charge >= 0.3 is 0 Å². The first kappa shape index (κ1) is 18.4. The van der Waals surface area contributed by atoms with Crippen molar-refractivity contribution in [1.29, 1.82) is 0 Å². The maximum absolute atomic E-state index is 10.2. The number of phenols is 1. The molecule has 0 saturated carbocycles. The highest BCUT2D eigenvalue weighted by Crippen LogP contribution is 2.51. The first-order chi connectivity index (χ1) is 12.4. The van der Waals surface area contributed by atoms with Crippen LogP contribution >= 0.6 is 0 Å². The molecule has 1 aliphatic heterocycles. The van der Waals surface area contributed by atoms with Crippen molar-refractivity contribution in [2.75, 3.05) is 14.2 Å². The lowest BCUT2D eigenvalue weighted by atomic mass is 9.90. The minimum Gasteiger partial charge on any atom is -0.504 e. The SMILES string of the molecule is COc1cc([C@@H]2Oc3c(OC)cc([C@H](O)[C@H](C)O)cc3[C@H]2C)ccc1O. The molecule has 1 heterocycles. The fraction of sp³-hybridized carbons (Fsp3) is 0.400. The summed E-state index contributed by atoms with van der Waals surface area (Å²) in [5.74, 6) is 1.57. The van der Waals surface area contributed by atoms with Crippen molar-refractivity contribution in [2.45, 2.75) is 38.1 Å². The summed E-state index contributed by atoms with van der Waals surface area (Å²) in [6.07, 6.45) is -2.19. The molecule has 0 amide bonds. The molecule has 3 rings (SSSR count). The van der Waals surface area contributed by atoms with Crippen molar-refractivity contribution in [1.82, 2.24) is 0 Å². The Balaban J connectivity index is 2.02. The second kappa shape index (κ2) is 7.05. The fourth-order valence-corrected chi connectivity index (χ4v) is 3.33. The number of aliphatic hydroxyl groups is 2. The van der Waals surface area contributed by atoms with Gasteiger partial charge in [-0.1, -0.05) is 13.0 Å². The van der Waals surface area contributed by atoms with Crippen LogP contribution in [-0.2, 0) is 0 Å². The van der Waals surface area contributed by atoms with Gasteiger partial charge in [0.25, 0.3) is 0 Å². The fourth-order valence-electron chi connectivity index (χ4n) is 3.33. The molecule has 1 aliphatic rings. The standard InChI is InChI=1S/C20H24O6/c1-10-14-7-13(18(23)11(2)21)9-17(25-4)20(14)26-19(10)12-5-6-15(22)16(8-12)24-3/h5-11,18-19,21-23H,1-4H3/t10-,11+,18-,19-/m1/s1. The number of methoxy groups -OCH3 is 2. The molecule has 0 saturated heterocycles. The molecule has 0 radical (unpaired) electrons. The average Bonchev–Trinajstić information content (AvgIpc) is 2.97. The first-order valence-electron chi connectivity index (χ1n) is 8.48. The average molecular weight is 360 g/mol. The molecule has 4 atom stereocenters. The third kappa shape index (κ3) is 3.06. The number of benzene rings is 2. The van der Waals surface area contributed by atoms with Crippen molar-refractivity contribution in [3.8, 4) is 23.0 Å². The molecule has 0 aliphatic carbocycles. The maximum Gasteiger partial charge on any atom is 0.165 e.